The molecule has 166 valence electrons. The largest absolute Gasteiger partial charge is 0.466 e. The first-order valence-corrected chi connectivity index (χ1v) is 11.6. The van der Waals surface area contributed by atoms with E-state index in [1.165, 1.54) is 44.9 Å². The monoisotopic (exact) mass is 430 g/mol. The average molecular weight is 431 g/mol. The maximum Gasteiger partial charge on any atom is 0.336 e. The molecule has 0 amide bonds. The van der Waals surface area contributed by atoms with Crippen LogP contribution in [0.3, 0.4) is 0 Å². The van der Waals surface area contributed by atoms with Crippen LogP contribution < -0.4 is 5.32 Å². The Labute approximate surface area is 189 Å². The summed E-state index contributed by atoms with van der Waals surface area (Å²) >= 11 is 0. The van der Waals surface area contributed by atoms with E-state index in [0.29, 0.717) is 22.8 Å². The minimum atomic E-state index is -0.442. The molecular formula is C27H30N2O3. The molecule has 1 aromatic carbocycles. The number of aromatic nitrogens is 1. The molecule has 0 unspecified atom stereocenters. The zero-order valence-corrected chi connectivity index (χ0v) is 19.2. The van der Waals surface area contributed by atoms with Gasteiger partial charge in [0.15, 0.2) is 5.78 Å². The van der Waals surface area contributed by atoms with Crippen LogP contribution in [0.4, 0.5) is 0 Å². The van der Waals surface area contributed by atoms with Crippen molar-refractivity contribution in [1.29, 1.82) is 0 Å². The van der Waals surface area contributed by atoms with Gasteiger partial charge < -0.3 is 14.6 Å². The molecule has 0 radical (unpaired) electrons. The number of carbonyl (C=O) groups excluding carboxylic acids is 2. The Morgan fingerprint density at radius 3 is 2.44 bits per heavy atom. The minimum Gasteiger partial charge on any atom is -0.466 e. The molecule has 3 aliphatic rings. The predicted octanol–water partition coefficient (Wildman–Crippen LogP) is 5.35. The Hall–Kier alpha value is -3.08. The number of nitrogens with zero attached hydrogens (tertiary/aromatic N) is 1. The highest BCUT2D eigenvalue weighted by Crippen LogP contribution is 2.48. The first-order chi connectivity index (χ1) is 15.4. The fourth-order valence-electron chi connectivity index (χ4n) is 6.02. The number of hydrogen-bond donors (Lipinski definition) is 1. The van der Waals surface area contributed by atoms with Gasteiger partial charge in [0.1, 0.15) is 0 Å². The number of benzene rings is 1. The average Bonchev–Trinajstić information content (AvgIpc) is 3.26. The van der Waals surface area contributed by atoms with E-state index in [9.17, 15) is 9.59 Å². The van der Waals surface area contributed by atoms with Crippen molar-refractivity contribution in [2.45, 2.75) is 64.8 Å². The Morgan fingerprint density at radius 2 is 1.75 bits per heavy atom. The van der Waals surface area contributed by atoms with Gasteiger partial charge in [0, 0.05) is 39.8 Å². The number of hydrogen-bond acceptors (Lipinski definition) is 4. The maximum atomic E-state index is 13.6. The van der Waals surface area contributed by atoms with Gasteiger partial charge in [-0.1, -0.05) is 43.5 Å². The van der Waals surface area contributed by atoms with Gasteiger partial charge >= 0.3 is 5.97 Å². The van der Waals surface area contributed by atoms with Crippen LogP contribution in [-0.2, 0) is 9.53 Å². The van der Waals surface area contributed by atoms with Gasteiger partial charge in [-0.3, -0.25) is 4.79 Å². The number of esters is 1. The van der Waals surface area contributed by atoms with Crippen molar-refractivity contribution >= 4 is 17.4 Å². The molecule has 2 aliphatic carbocycles. The Bertz CT molecular complexity index is 1190. The fourth-order valence-corrected chi connectivity index (χ4v) is 6.02. The summed E-state index contributed by atoms with van der Waals surface area (Å²) in [7, 11) is 1.40. The Morgan fingerprint density at radius 1 is 1.06 bits per heavy atom. The summed E-state index contributed by atoms with van der Waals surface area (Å²) in [5, 5.41) is 3.36. The quantitative estimate of drug-likeness (QED) is 0.667. The van der Waals surface area contributed by atoms with Gasteiger partial charge in [-0.25, -0.2) is 4.79 Å². The number of carbonyl (C=O) groups is 2. The topological polar surface area (TPSA) is 60.3 Å². The molecule has 2 aromatic rings. The van der Waals surface area contributed by atoms with E-state index < -0.39 is 11.9 Å². The van der Waals surface area contributed by atoms with E-state index in [2.05, 4.69) is 29.8 Å². The van der Waals surface area contributed by atoms with Crippen molar-refractivity contribution in [1.82, 2.24) is 9.88 Å². The second kappa shape index (κ2) is 7.80. The first kappa shape index (κ1) is 20.8. The number of ketones is 1. The van der Waals surface area contributed by atoms with Gasteiger partial charge in [0.2, 0.25) is 0 Å². The van der Waals surface area contributed by atoms with E-state index in [1.807, 2.05) is 31.2 Å². The molecule has 1 atom stereocenters. The molecule has 0 bridgehead atoms. The number of rotatable bonds is 3. The van der Waals surface area contributed by atoms with Crippen LogP contribution in [0.25, 0.3) is 5.70 Å². The van der Waals surface area contributed by atoms with Crippen molar-refractivity contribution in [3.8, 4) is 0 Å². The number of nitrogens with one attached hydrogen (secondary N) is 1. The van der Waals surface area contributed by atoms with Crippen LogP contribution in [0.15, 0.2) is 47.2 Å². The summed E-state index contributed by atoms with van der Waals surface area (Å²) in [5.74, 6) is -0.843. The maximum absolute atomic E-state index is 13.6. The third-order valence-electron chi connectivity index (χ3n) is 7.43. The van der Waals surface area contributed by atoms with E-state index in [1.54, 1.807) is 0 Å². The molecule has 5 nitrogen and oxygen atoms in total. The first-order valence-electron chi connectivity index (χ1n) is 11.6. The molecule has 5 rings (SSSR count). The van der Waals surface area contributed by atoms with Gasteiger partial charge in [0.25, 0.3) is 0 Å². The molecule has 1 saturated carbocycles. The van der Waals surface area contributed by atoms with Gasteiger partial charge in [0.05, 0.1) is 24.3 Å². The van der Waals surface area contributed by atoms with Crippen molar-refractivity contribution in [2.75, 3.05) is 7.11 Å². The molecule has 1 fully saturated rings. The molecular weight excluding hydrogens is 400 g/mol. The highest BCUT2D eigenvalue weighted by atomic mass is 16.5. The van der Waals surface area contributed by atoms with Gasteiger partial charge in [-0.05, 0) is 45.2 Å². The van der Waals surface area contributed by atoms with Crippen LogP contribution in [0, 0.1) is 13.8 Å². The van der Waals surface area contributed by atoms with Gasteiger partial charge in [-0.15, -0.1) is 0 Å². The molecule has 1 aromatic heterocycles. The van der Waals surface area contributed by atoms with Gasteiger partial charge in [-0.2, -0.15) is 0 Å². The van der Waals surface area contributed by atoms with E-state index in [4.69, 9.17) is 4.74 Å². The molecule has 0 spiro atoms. The van der Waals surface area contributed by atoms with Crippen LogP contribution in [-0.4, -0.2) is 23.4 Å². The number of ether oxygens (including phenoxy) is 1. The highest BCUT2D eigenvalue weighted by Gasteiger charge is 2.44. The number of dihydropyridines is 1. The summed E-state index contributed by atoms with van der Waals surface area (Å²) in [6.07, 6.45) is 6.16. The zero-order chi connectivity index (χ0) is 22.6. The standard InChI is InChI=1S/C27H30N2O3/c1-15-14-21(17(3)29(15)18-10-6-5-7-11-18)23-22(27(31)32-4)16(2)28-25-19-12-8-9-13-20(19)26(30)24(23)25/h8-9,12-14,18,23,28H,5-7,10-11H2,1-4H3/t23-/m0/s1. The van der Waals surface area contributed by atoms with E-state index in [0.717, 1.165) is 28.2 Å². The Kier molecular flexibility index (Phi) is 5.07. The van der Waals surface area contributed by atoms with Crippen molar-refractivity contribution in [3.63, 3.8) is 0 Å². The van der Waals surface area contributed by atoms with Crippen molar-refractivity contribution in [2.24, 2.45) is 0 Å². The lowest BCUT2D eigenvalue weighted by Gasteiger charge is -2.30. The number of fused-ring (bicyclic) bond motifs is 2. The van der Waals surface area contributed by atoms with E-state index in [-0.39, 0.29) is 5.78 Å². The lowest BCUT2D eigenvalue weighted by Crippen LogP contribution is -2.29. The zero-order valence-electron chi connectivity index (χ0n) is 19.2. The van der Waals surface area contributed by atoms with Crippen LogP contribution in [0.2, 0.25) is 0 Å². The lowest BCUT2D eigenvalue weighted by atomic mass is 9.79. The normalized spacial score (nSPS) is 20.9. The third kappa shape index (κ3) is 2.98. The van der Waals surface area contributed by atoms with Crippen molar-refractivity contribution < 1.29 is 14.3 Å². The second-order valence-electron chi connectivity index (χ2n) is 9.24. The molecule has 32 heavy (non-hydrogen) atoms. The molecule has 1 N–H and O–H groups in total. The Balaban J connectivity index is 1.70. The van der Waals surface area contributed by atoms with Crippen molar-refractivity contribution in [3.05, 3.63) is 75.3 Å². The minimum absolute atomic E-state index is 0.00975. The lowest BCUT2D eigenvalue weighted by molar-refractivity contribution is -0.136. The molecule has 0 saturated heterocycles. The van der Waals surface area contributed by atoms with Crippen LogP contribution >= 0.6 is 0 Å². The molecule has 2 heterocycles. The summed E-state index contributed by atoms with van der Waals surface area (Å²) in [6.45, 7) is 6.17. The number of aryl methyl sites for hydroxylation is 1. The number of Topliss-reactive ketones (excluding diaryl/α,β-unsaturated/α-hetero) is 1. The van der Waals surface area contributed by atoms with Crippen LogP contribution in [0.1, 0.15) is 83.9 Å². The second-order valence-corrected chi connectivity index (χ2v) is 9.24. The summed E-state index contributed by atoms with van der Waals surface area (Å²) in [5.41, 5.74) is 7.70. The highest BCUT2D eigenvalue weighted by molar-refractivity contribution is 6.23. The van der Waals surface area contributed by atoms with E-state index >= 15 is 0 Å². The third-order valence-corrected chi connectivity index (χ3v) is 7.43. The summed E-state index contributed by atoms with van der Waals surface area (Å²) < 4.78 is 7.63. The molecule has 5 heteroatoms. The predicted molar refractivity (Wildman–Crippen MR) is 124 cm³/mol. The number of allylic oxidation sites excluding steroid dienone is 2. The smallest absolute Gasteiger partial charge is 0.336 e. The SMILES string of the molecule is COC(=O)C1=C(C)NC2=C(C(=O)c3ccccc32)[C@H]1c1cc(C)n(C2CCCCC2)c1C. The van der Waals surface area contributed by atoms with Crippen LogP contribution in [0.5, 0.6) is 0 Å². The number of methoxy groups -OCH3 is 1. The summed E-state index contributed by atoms with van der Waals surface area (Å²) in [6, 6.07) is 10.3. The summed E-state index contributed by atoms with van der Waals surface area (Å²) in [4.78, 5) is 26.6. The molecule has 1 aliphatic heterocycles. The fraction of sp³-hybridized carbons (Fsp3) is 0.407.